The Bertz CT molecular complexity index is 1070. The first-order valence-electron chi connectivity index (χ1n) is 10.7. The zero-order chi connectivity index (χ0) is 22.5. The van der Waals surface area contributed by atoms with Gasteiger partial charge in [0.15, 0.2) is 0 Å². The summed E-state index contributed by atoms with van der Waals surface area (Å²) in [5.41, 5.74) is 2.46. The van der Waals surface area contributed by atoms with Crippen molar-refractivity contribution in [1.29, 1.82) is 5.26 Å². The number of pyridine rings is 1. The van der Waals surface area contributed by atoms with Gasteiger partial charge in [-0.05, 0) is 31.4 Å². The lowest BCUT2D eigenvalue weighted by molar-refractivity contribution is -0.124. The van der Waals surface area contributed by atoms with Crippen molar-refractivity contribution in [3.8, 4) is 22.9 Å². The molecular weight excluding hydrogens is 430 g/mol. The normalized spacial score (nSPS) is 19.5. The van der Waals surface area contributed by atoms with Gasteiger partial charge in [0, 0.05) is 35.8 Å². The molecule has 8 nitrogen and oxygen atoms in total. The number of nitrogens with one attached hydrogen (secondary N) is 3. The number of rotatable bonds is 5. The first-order chi connectivity index (χ1) is 15.5. The third kappa shape index (κ3) is 4.94. The molecule has 2 atom stereocenters. The number of nitrogens with zero attached hydrogens (tertiary/aromatic N) is 2. The number of halogens is 1. The second-order valence-electron chi connectivity index (χ2n) is 7.96. The first-order valence-corrected chi connectivity index (χ1v) is 11.1. The molecule has 2 aliphatic rings. The molecule has 1 aromatic carbocycles. The van der Waals surface area contributed by atoms with Crippen molar-refractivity contribution >= 4 is 34.9 Å². The van der Waals surface area contributed by atoms with Gasteiger partial charge < -0.3 is 20.7 Å². The number of ether oxygens (including phenoxy) is 1. The molecule has 0 unspecified atom stereocenters. The third-order valence-electron chi connectivity index (χ3n) is 5.73. The lowest BCUT2D eigenvalue weighted by Crippen LogP contribution is -2.40. The predicted octanol–water partition coefficient (Wildman–Crippen LogP) is 3.73. The molecule has 1 fully saturated rings. The van der Waals surface area contributed by atoms with Crippen molar-refractivity contribution in [1.82, 2.24) is 10.3 Å². The van der Waals surface area contributed by atoms with E-state index in [9.17, 15) is 9.59 Å². The standard InChI is InChI=1S/C23H24ClN5O3/c24-18-13-27-20(12-17(18)16-5-2-6-19-22(16)32-10-9-26-19)29-23(31)14-3-1-4-15(11-14)28-21(30)7-8-25/h2,5-6,12-15,26H,1,3-4,7,9-11H2,(H,28,30)(H,27,29,31)/t14-,15+/m0/s1. The van der Waals surface area contributed by atoms with E-state index in [2.05, 4.69) is 20.9 Å². The van der Waals surface area contributed by atoms with E-state index in [1.54, 1.807) is 6.07 Å². The molecule has 166 valence electrons. The van der Waals surface area contributed by atoms with Gasteiger partial charge in [-0.25, -0.2) is 4.98 Å². The number of aromatic nitrogens is 1. The fraction of sp³-hybridized carbons (Fsp3) is 0.391. The maximum atomic E-state index is 12.9. The molecule has 2 amide bonds. The Morgan fingerprint density at radius 1 is 1.31 bits per heavy atom. The number of hydrogen-bond donors (Lipinski definition) is 3. The summed E-state index contributed by atoms with van der Waals surface area (Å²) in [7, 11) is 0. The Labute approximate surface area is 191 Å². The summed E-state index contributed by atoms with van der Waals surface area (Å²) in [5.74, 6) is 0.455. The van der Waals surface area contributed by atoms with Crippen molar-refractivity contribution in [2.75, 3.05) is 23.8 Å². The van der Waals surface area contributed by atoms with Crippen LogP contribution in [-0.4, -0.2) is 36.0 Å². The number of para-hydroxylation sites is 1. The third-order valence-corrected chi connectivity index (χ3v) is 6.03. The Balaban J connectivity index is 1.48. The van der Waals surface area contributed by atoms with Crippen molar-refractivity contribution in [3.63, 3.8) is 0 Å². The summed E-state index contributed by atoms with van der Waals surface area (Å²) in [6, 6.07) is 9.29. The van der Waals surface area contributed by atoms with Gasteiger partial charge in [-0.15, -0.1) is 0 Å². The highest BCUT2D eigenvalue weighted by molar-refractivity contribution is 6.33. The number of nitriles is 1. The topological polar surface area (TPSA) is 116 Å². The van der Waals surface area contributed by atoms with Crippen molar-refractivity contribution < 1.29 is 14.3 Å². The Kier molecular flexibility index (Phi) is 6.76. The quantitative estimate of drug-likeness (QED) is 0.635. The Morgan fingerprint density at radius 3 is 3.03 bits per heavy atom. The van der Waals surface area contributed by atoms with Gasteiger partial charge in [-0.3, -0.25) is 9.59 Å². The summed E-state index contributed by atoms with van der Waals surface area (Å²) in [6.07, 6.45) is 4.26. The molecule has 2 heterocycles. The number of anilines is 2. The molecule has 32 heavy (non-hydrogen) atoms. The predicted molar refractivity (Wildman–Crippen MR) is 121 cm³/mol. The average Bonchev–Trinajstić information content (AvgIpc) is 2.80. The van der Waals surface area contributed by atoms with Crippen LogP contribution >= 0.6 is 11.6 Å². The average molecular weight is 454 g/mol. The molecular formula is C23H24ClN5O3. The van der Waals surface area contributed by atoms with Gasteiger partial charge in [0.1, 0.15) is 24.6 Å². The van der Waals surface area contributed by atoms with Crippen LogP contribution < -0.4 is 20.7 Å². The van der Waals surface area contributed by atoms with Crippen LogP contribution in [-0.2, 0) is 9.59 Å². The molecule has 1 saturated carbocycles. The summed E-state index contributed by atoms with van der Waals surface area (Å²) in [4.78, 5) is 28.9. The fourth-order valence-corrected chi connectivity index (χ4v) is 4.44. The van der Waals surface area contributed by atoms with E-state index in [1.807, 2.05) is 24.3 Å². The van der Waals surface area contributed by atoms with E-state index in [0.717, 1.165) is 48.4 Å². The van der Waals surface area contributed by atoms with E-state index >= 15 is 0 Å². The van der Waals surface area contributed by atoms with Crippen LogP contribution in [0.15, 0.2) is 30.5 Å². The minimum atomic E-state index is -0.300. The molecule has 3 N–H and O–H groups in total. The first kappa shape index (κ1) is 21.9. The number of amides is 2. The summed E-state index contributed by atoms with van der Waals surface area (Å²) in [5, 5.41) is 18.2. The van der Waals surface area contributed by atoms with Gasteiger partial charge in [0.2, 0.25) is 11.8 Å². The maximum absolute atomic E-state index is 12.9. The lowest BCUT2D eigenvalue weighted by atomic mass is 9.85. The van der Waals surface area contributed by atoms with Crippen molar-refractivity contribution in [2.45, 2.75) is 38.1 Å². The highest BCUT2D eigenvalue weighted by atomic mass is 35.5. The molecule has 0 radical (unpaired) electrons. The Hall–Kier alpha value is -3.31. The molecule has 0 spiro atoms. The smallest absolute Gasteiger partial charge is 0.234 e. The molecule has 1 aliphatic heterocycles. The van der Waals surface area contributed by atoms with E-state index in [1.165, 1.54) is 6.20 Å². The SMILES string of the molecule is N#CCC(=O)N[C@@H]1CCC[C@H](C(=O)Nc2cc(-c3cccc4c3OCCN4)c(Cl)cn2)C1. The number of carbonyl (C=O) groups is 2. The minimum absolute atomic E-state index is 0.102. The Morgan fingerprint density at radius 2 is 2.19 bits per heavy atom. The van der Waals surface area contributed by atoms with Gasteiger partial charge >= 0.3 is 0 Å². The number of carbonyl (C=O) groups excluding carboxylic acids is 2. The monoisotopic (exact) mass is 453 g/mol. The van der Waals surface area contributed by atoms with Crippen LogP contribution in [0.4, 0.5) is 11.5 Å². The van der Waals surface area contributed by atoms with Gasteiger partial charge in [-0.2, -0.15) is 5.26 Å². The highest BCUT2D eigenvalue weighted by Gasteiger charge is 2.28. The molecule has 0 saturated heterocycles. The molecule has 0 bridgehead atoms. The minimum Gasteiger partial charge on any atom is -0.489 e. The molecule has 1 aromatic heterocycles. The maximum Gasteiger partial charge on any atom is 0.234 e. The lowest BCUT2D eigenvalue weighted by Gasteiger charge is -2.28. The van der Waals surface area contributed by atoms with Crippen LogP contribution in [0.5, 0.6) is 5.75 Å². The number of fused-ring (bicyclic) bond motifs is 1. The summed E-state index contributed by atoms with van der Waals surface area (Å²) >= 11 is 6.44. The van der Waals surface area contributed by atoms with E-state index < -0.39 is 0 Å². The van der Waals surface area contributed by atoms with Crippen molar-refractivity contribution in [3.05, 3.63) is 35.5 Å². The summed E-state index contributed by atoms with van der Waals surface area (Å²) in [6.45, 7) is 1.30. The molecule has 1 aliphatic carbocycles. The highest BCUT2D eigenvalue weighted by Crippen LogP contribution is 2.41. The zero-order valence-electron chi connectivity index (χ0n) is 17.5. The van der Waals surface area contributed by atoms with Gasteiger partial charge in [0.05, 0.1) is 16.8 Å². The van der Waals surface area contributed by atoms with Crippen LogP contribution in [0.25, 0.3) is 11.1 Å². The van der Waals surface area contributed by atoms with E-state index in [-0.39, 0.29) is 30.2 Å². The van der Waals surface area contributed by atoms with Crippen LogP contribution in [0.1, 0.15) is 32.1 Å². The zero-order valence-corrected chi connectivity index (χ0v) is 18.2. The van der Waals surface area contributed by atoms with Crippen LogP contribution in [0.2, 0.25) is 5.02 Å². The van der Waals surface area contributed by atoms with Gasteiger partial charge in [0.25, 0.3) is 0 Å². The second kappa shape index (κ2) is 9.88. The molecule has 2 aromatic rings. The van der Waals surface area contributed by atoms with E-state index in [0.29, 0.717) is 23.9 Å². The molecule has 4 rings (SSSR count). The van der Waals surface area contributed by atoms with Gasteiger partial charge in [-0.1, -0.05) is 30.2 Å². The summed E-state index contributed by atoms with van der Waals surface area (Å²) < 4.78 is 5.86. The van der Waals surface area contributed by atoms with Crippen LogP contribution in [0.3, 0.4) is 0 Å². The second-order valence-corrected chi connectivity index (χ2v) is 8.37. The number of benzene rings is 1. The molecule has 9 heteroatoms. The number of hydrogen-bond acceptors (Lipinski definition) is 6. The van der Waals surface area contributed by atoms with Crippen molar-refractivity contribution in [2.24, 2.45) is 5.92 Å². The largest absolute Gasteiger partial charge is 0.489 e. The fourth-order valence-electron chi connectivity index (χ4n) is 4.23. The van der Waals surface area contributed by atoms with Crippen LogP contribution in [0, 0.1) is 17.2 Å². The van der Waals surface area contributed by atoms with E-state index in [4.69, 9.17) is 21.6 Å².